The van der Waals surface area contributed by atoms with E-state index >= 15 is 0 Å². The van der Waals surface area contributed by atoms with Gasteiger partial charge in [-0.1, -0.05) is 25.5 Å². The Hall–Kier alpha value is -3.06. The fourth-order valence-electron chi connectivity index (χ4n) is 2.75. The molecule has 3 rings (SSSR count). The van der Waals surface area contributed by atoms with E-state index in [9.17, 15) is 9.59 Å². The van der Waals surface area contributed by atoms with Gasteiger partial charge in [0.1, 0.15) is 11.5 Å². The van der Waals surface area contributed by atoms with Crippen LogP contribution in [-0.4, -0.2) is 18.4 Å². The smallest absolute Gasteiger partial charge is 0.255 e. The van der Waals surface area contributed by atoms with Gasteiger partial charge >= 0.3 is 0 Å². The van der Waals surface area contributed by atoms with Gasteiger partial charge in [-0.2, -0.15) is 0 Å². The van der Waals surface area contributed by atoms with Gasteiger partial charge in [-0.05, 0) is 64.8 Å². The molecule has 30 heavy (non-hydrogen) atoms. The van der Waals surface area contributed by atoms with E-state index in [1.54, 1.807) is 60.9 Å². The Morgan fingerprint density at radius 3 is 2.63 bits per heavy atom. The molecule has 0 saturated heterocycles. The molecule has 1 heterocycles. The number of ether oxygens (including phenoxy) is 1. The van der Waals surface area contributed by atoms with E-state index in [1.807, 2.05) is 0 Å². The van der Waals surface area contributed by atoms with Gasteiger partial charge in [0.15, 0.2) is 0 Å². The molecular formula is C23H23BrN2O4. The van der Waals surface area contributed by atoms with Crippen molar-refractivity contribution in [2.45, 2.75) is 26.3 Å². The summed E-state index contributed by atoms with van der Waals surface area (Å²) in [6.07, 6.45) is 3.56. The summed E-state index contributed by atoms with van der Waals surface area (Å²) < 4.78 is 11.6. The van der Waals surface area contributed by atoms with Gasteiger partial charge in [-0.25, -0.2) is 0 Å². The number of anilines is 1. The number of hydrogen-bond donors (Lipinski definition) is 2. The Balaban J connectivity index is 1.68. The summed E-state index contributed by atoms with van der Waals surface area (Å²) in [5.74, 6) is 0.721. The molecule has 1 aromatic heterocycles. The highest BCUT2D eigenvalue weighted by Crippen LogP contribution is 2.27. The average molecular weight is 471 g/mol. The van der Waals surface area contributed by atoms with E-state index < -0.39 is 0 Å². The molecule has 0 aliphatic heterocycles. The largest absolute Gasteiger partial charge is 0.492 e. The zero-order chi connectivity index (χ0) is 21.3. The summed E-state index contributed by atoms with van der Waals surface area (Å²) in [5, 5.41) is 5.60. The van der Waals surface area contributed by atoms with E-state index in [0.717, 1.165) is 12.8 Å². The Morgan fingerprint density at radius 1 is 1.07 bits per heavy atom. The minimum absolute atomic E-state index is 0.264. The Labute approximate surface area is 183 Å². The summed E-state index contributed by atoms with van der Waals surface area (Å²) in [6, 6.07) is 15.6. The molecule has 0 fully saturated rings. The molecule has 6 nitrogen and oxygen atoms in total. The minimum atomic E-state index is -0.318. The number of rotatable bonds is 9. The van der Waals surface area contributed by atoms with Gasteiger partial charge in [-0.15, -0.1) is 0 Å². The van der Waals surface area contributed by atoms with Crippen LogP contribution in [0.2, 0.25) is 0 Å². The summed E-state index contributed by atoms with van der Waals surface area (Å²) in [4.78, 5) is 25.3. The number of carbonyl (C=O) groups is 2. The zero-order valence-corrected chi connectivity index (χ0v) is 18.2. The van der Waals surface area contributed by atoms with E-state index in [-0.39, 0.29) is 18.4 Å². The molecule has 0 atom stereocenters. The van der Waals surface area contributed by atoms with E-state index in [4.69, 9.17) is 9.15 Å². The fourth-order valence-corrected chi connectivity index (χ4v) is 3.24. The van der Waals surface area contributed by atoms with Crippen LogP contribution in [0.1, 0.15) is 46.2 Å². The second-order valence-electron chi connectivity index (χ2n) is 6.61. The third kappa shape index (κ3) is 5.73. The highest BCUT2D eigenvalue weighted by Gasteiger charge is 2.15. The van der Waals surface area contributed by atoms with Crippen molar-refractivity contribution >= 4 is 33.4 Å². The maximum Gasteiger partial charge on any atom is 0.255 e. The topological polar surface area (TPSA) is 80.6 Å². The van der Waals surface area contributed by atoms with Crippen LogP contribution in [-0.2, 0) is 6.54 Å². The number of hydrogen-bond acceptors (Lipinski definition) is 4. The molecule has 156 valence electrons. The number of amides is 2. The molecule has 0 radical (unpaired) electrons. The van der Waals surface area contributed by atoms with Gasteiger partial charge in [-0.3, -0.25) is 9.59 Å². The number of carbonyl (C=O) groups excluding carboxylic acids is 2. The van der Waals surface area contributed by atoms with Crippen LogP contribution in [0, 0.1) is 0 Å². The molecule has 0 aliphatic carbocycles. The standard InChI is InChI=1S/C23H23BrN2O4/c1-2-3-12-30-21-11-10-16(14-19(21)24)22(27)26-20-9-5-4-8-18(20)23(28)25-15-17-7-6-13-29-17/h4-11,13-14H,2-3,12,15H2,1H3,(H,25,28)(H,26,27). The maximum absolute atomic E-state index is 12.7. The molecule has 0 unspecified atom stereocenters. The van der Waals surface area contributed by atoms with Crippen LogP contribution in [0.15, 0.2) is 69.8 Å². The van der Waals surface area contributed by atoms with Crippen molar-refractivity contribution in [1.29, 1.82) is 0 Å². The zero-order valence-electron chi connectivity index (χ0n) is 16.6. The lowest BCUT2D eigenvalue weighted by molar-refractivity contribution is 0.0949. The first-order valence-corrected chi connectivity index (χ1v) is 10.5. The number of furan rings is 1. The van der Waals surface area contributed by atoms with Gasteiger partial charge in [0, 0.05) is 5.56 Å². The molecule has 0 bridgehead atoms. The molecule has 0 saturated carbocycles. The normalized spacial score (nSPS) is 10.5. The number of unbranched alkanes of at least 4 members (excludes halogenated alkanes) is 1. The number of nitrogens with one attached hydrogen (secondary N) is 2. The Bertz CT molecular complexity index is 1000. The van der Waals surface area contributed by atoms with Crippen molar-refractivity contribution < 1.29 is 18.7 Å². The predicted molar refractivity (Wildman–Crippen MR) is 119 cm³/mol. The maximum atomic E-state index is 12.7. The van der Waals surface area contributed by atoms with Crippen LogP contribution >= 0.6 is 15.9 Å². The summed E-state index contributed by atoms with van der Waals surface area (Å²) >= 11 is 3.45. The number of halogens is 1. The summed E-state index contributed by atoms with van der Waals surface area (Å²) in [7, 11) is 0. The first kappa shape index (κ1) is 21.6. The summed E-state index contributed by atoms with van der Waals surface area (Å²) in [6.45, 7) is 2.99. The first-order valence-electron chi connectivity index (χ1n) is 9.71. The van der Waals surface area contributed by atoms with Gasteiger partial charge in [0.25, 0.3) is 11.8 Å². The van der Waals surface area contributed by atoms with Crippen molar-refractivity contribution in [2.75, 3.05) is 11.9 Å². The van der Waals surface area contributed by atoms with Crippen molar-refractivity contribution in [2.24, 2.45) is 0 Å². The molecule has 2 N–H and O–H groups in total. The molecule has 2 aromatic carbocycles. The molecule has 3 aromatic rings. The lowest BCUT2D eigenvalue weighted by Crippen LogP contribution is -2.24. The summed E-state index contributed by atoms with van der Waals surface area (Å²) in [5.41, 5.74) is 1.25. The van der Waals surface area contributed by atoms with E-state index in [2.05, 4.69) is 33.5 Å². The lowest BCUT2D eigenvalue weighted by Gasteiger charge is -2.12. The highest BCUT2D eigenvalue weighted by atomic mass is 79.9. The highest BCUT2D eigenvalue weighted by molar-refractivity contribution is 9.10. The van der Waals surface area contributed by atoms with Crippen molar-refractivity contribution in [3.8, 4) is 5.75 Å². The lowest BCUT2D eigenvalue weighted by atomic mass is 10.1. The van der Waals surface area contributed by atoms with Crippen LogP contribution in [0.25, 0.3) is 0 Å². The van der Waals surface area contributed by atoms with Crippen LogP contribution in [0.4, 0.5) is 5.69 Å². The number of benzene rings is 2. The van der Waals surface area contributed by atoms with Crippen LogP contribution in [0.5, 0.6) is 5.75 Å². The van der Waals surface area contributed by atoms with E-state index in [0.29, 0.717) is 39.4 Å². The molecular weight excluding hydrogens is 448 g/mol. The van der Waals surface area contributed by atoms with Crippen molar-refractivity contribution in [3.63, 3.8) is 0 Å². The third-order valence-corrected chi connectivity index (χ3v) is 4.99. The molecule has 7 heteroatoms. The van der Waals surface area contributed by atoms with Crippen LogP contribution < -0.4 is 15.4 Å². The molecule has 0 aliphatic rings. The number of para-hydroxylation sites is 1. The fraction of sp³-hybridized carbons (Fsp3) is 0.217. The quantitative estimate of drug-likeness (QED) is 0.410. The monoisotopic (exact) mass is 470 g/mol. The Morgan fingerprint density at radius 2 is 1.90 bits per heavy atom. The third-order valence-electron chi connectivity index (χ3n) is 4.37. The van der Waals surface area contributed by atoms with Crippen LogP contribution in [0.3, 0.4) is 0 Å². The van der Waals surface area contributed by atoms with Gasteiger partial charge in [0.05, 0.1) is 35.1 Å². The average Bonchev–Trinajstić information content (AvgIpc) is 3.27. The molecule has 2 amide bonds. The molecule has 0 spiro atoms. The van der Waals surface area contributed by atoms with Crippen molar-refractivity contribution in [1.82, 2.24) is 5.32 Å². The second kappa shape index (κ2) is 10.6. The first-order chi connectivity index (χ1) is 14.6. The second-order valence-corrected chi connectivity index (χ2v) is 7.46. The predicted octanol–water partition coefficient (Wildman–Crippen LogP) is 5.40. The minimum Gasteiger partial charge on any atom is -0.492 e. The SMILES string of the molecule is CCCCOc1ccc(C(=O)Nc2ccccc2C(=O)NCc2ccco2)cc1Br. The van der Waals surface area contributed by atoms with Gasteiger partial charge < -0.3 is 19.8 Å². The Kier molecular flexibility index (Phi) is 7.68. The van der Waals surface area contributed by atoms with Crippen molar-refractivity contribution in [3.05, 3.63) is 82.2 Å². The van der Waals surface area contributed by atoms with E-state index in [1.165, 1.54) is 0 Å². The van der Waals surface area contributed by atoms with Gasteiger partial charge in [0.2, 0.25) is 0 Å².